The van der Waals surface area contributed by atoms with Crippen LogP contribution in [0.25, 0.3) is 0 Å². The average Bonchev–Trinajstić information content (AvgIpc) is 3.20. The number of hydrogen-bond acceptors (Lipinski definition) is 6. The van der Waals surface area contributed by atoms with Gasteiger partial charge < -0.3 is 5.32 Å². The molecule has 0 radical (unpaired) electrons. The molecule has 1 aromatic heterocycles. The zero-order chi connectivity index (χ0) is 22.5. The van der Waals surface area contributed by atoms with E-state index in [-0.39, 0.29) is 0 Å². The molecule has 0 aliphatic carbocycles. The van der Waals surface area contributed by atoms with Crippen LogP contribution in [-0.4, -0.2) is 21.4 Å². The molecule has 0 aliphatic heterocycles. The third kappa shape index (κ3) is 6.24. The number of nitrogens with zero attached hydrogens (tertiary/aromatic N) is 2. The van der Waals surface area contributed by atoms with Crippen LogP contribution in [0.3, 0.4) is 0 Å². The number of aromatic nitrogens is 2. The Morgan fingerprint density at radius 2 is 1.68 bits per heavy atom. The molecule has 164 valence electrons. The standard InChI is InChI=1S/C21H20F3N3OS3/c1-11(2)14-6-4-13(5-7-14)10-29-20-26-27-21(31-20)30-12(3)19(28)25-16-9-8-15(22)17(23)18(16)24/h4-9,11-12H,10H2,1-3H3,(H,25,28). The molecule has 4 nitrogen and oxygen atoms in total. The highest BCUT2D eigenvalue weighted by Gasteiger charge is 2.21. The Labute approximate surface area is 191 Å². The number of nitrogens with one attached hydrogen (secondary N) is 1. The minimum Gasteiger partial charge on any atom is -0.323 e. The van der Waals surface area contributed by atoms with Crippen molar-refractivity contribution in [2.24, 2.45) is 0 Å². The summed E-state index contributed by atoms with van der Waals surface area (Å²) in [6.45, 7) is 5.92. The Morgan fingerprint density at radius 3 is 2.35 bits per heavy atom. The smallest absolute Gasteiger partial charge is 0.237 e. The molecule has 1 heterocycles. The van der Waals surface area contributed by atoms with Gasteiger partial charge in [-0.05, 0) is 36.1 Å². The molecule has 1 amide bonds. The molecule has 0 saturated heterocycles. The first-order chi connectivity index (χ1) is 14.7. The highest BCUT2D eigenvalue weighted by Crippen LogP contribution is 2.33. The molecule has 3 rings (SSSR count). The van der Waals surface area contributed by atoms with E-state index in [0.29, 0.717) is 10.3 Å². The number of thioether (sulfide) groups is 2. The molecule has 3 aromatic rings. The maximum Gasteiger partial charge on any atom is 0.237 e. The van der Waals surface area contributed by atoms with Crippen molar-refractivity contribution in [3.05, 3.63) is 65.0 Å². The zero-order valence-electron chi connectivity index (χ0n) is 17.0. The molecule has 0 fully saturated rings. The summed E-state index contributed by atoms with van der Waals surface area (Å²) in [6.07, 6.45) is 0. The van der Waals surface area contributed by atoms with Crippen molar-refractivity contribution >= 4 is 46.5 Å². The maximum absolute atomic E-state index is 13.7. The van der Waals surface area contributed by atoms with Gasteiger partial charge in [0.15, 0.2) is 26.1 Å². The summed E-state index contributed by atoms with van der Waals surface area (Å²) in [5.41, 5.74) is 2.06. The molecule has 0 aliphatic rings. The minimum atomic E-state index is -1.62. The second-order valence-corrected chi connectivity index (χ2v) is 10.8. The summed E-state index contributed by atoms with van der Waals surface area (Å²) < 4.78 is 41.4. The molecule has 1 unspecified atom stereocenters. The third-order valence-corrected chi connectivity index (χ3v) is 7.65. The number of rotatable bonds is 8. The molecule has 0 saturated carbocycles. The first kappa shape index (κ1) is 23.6. The fourth-order valence-corrected chi connectivity index (χ4v) is 5.63. The van der Waals surface area contributed by atoms with Gasteiger partial charge in [-0.3, -0.25) is 4.79 Å². The molecule has 0 spiro atoms. The monoisotopic (exact) mass is 483 g/mol. The molecule has 2 aromatic carbocycles. The van der Waals surface area contributed by atoms with E-state index in [0.717, 1.165) is 34.0 Å². The van der Waals surface area contributed by atoms with Gasteiger partial charge in [0.2, 0.25) is 5.91 Å². The quantitative estimate of drug-likeness (QED) is 0.293. The van der Waals surface area contributed by atoms with Gasteiger partial charge in [0.05, 0.1) is 10.9 Å². The van der Waals surface area contributed by atoms with Gasteiger partial charge in [-0.25, -0.2) is 13.2 Å². The fraction of sp³-hybridized carbons (Fsp3) is 0.286. The number of carbonyl (C=O) groups excluding carboxylic acids is 1. The predicted molar refractivity (Wildman–Crippen MR) is 120 cm³/mol. The second-order valence-electron chi connectivity index (χ2n) is 6.99. The van der Waals surface area contributed by atoms with Crippen LogP contribution in [0.4, 0.5) is 18.9 Å². The predicted octanol–water partition coefficient (Wildman–Crippen LogP) is 6.49. The van der Waals surface area contributed by atoms with Crippen LogP contribution in [0.5, 0.6) is 0 Å². The van der Waals surface area contributed by atoms with E-state index >= 15 is 0 Å². The number of carbonyl (C=O) groups is 1. The molecule has 31 heavy (non-hydrogen) atoms. The van der Waals surface area contributed by atoms with Gasteiger partial charge in [-0.2, -0.15) is 0 Å². The summed E-state index contributed by atoms with van der Waals surface area (Å²) in [4.78, 5) is 12.3. The summed E-state index contributed by atoms with van der Waals surface area (Å²) in [5, 5.41) is 9.86. The number of benzene rings is 2. The van der Waals surface area contributed by atoms with E-state index in [4.69, 9.17) is 0 Å². The van der Waals surface area contributed by atoms with Crippen molar-refractivity contribution in [1.29, 1.82) is 0 Å². The Bertz CT molecular complexity index is 1060. The SMILES string of the molecule is CC(Sc1nnc(SCc2ccc(C(C)C)cc2)s1)C(=O)Nc1ccc(F)c(F)c1F. The Kier molecular flexibility index (Phi) is 8.01. The van der Waals surface area contributed by atoms with Crippen LogP contribution in [0.1, 0.15) is 37.8 Å². The number of anilines is 1. The molecule has 1 atom stereocenters. The number of hydrogen-bond donors (Lipinski definition) is 1. The summed E-state index contributed by atoms with van der Waals surface area (Å²) in [6, 6.07) is 10.2. The Hall–Kier alpha value is -2.04. The first-order valence-corrected chi connectivity index (χ1v) is 12.1. The van der Waals surface area contributed by atoms with Crippen LogP contribution in [0.2, 0.25) is 0 Å². The van der Waals surface area contributed by atoms with Crippen molar-refractivity contribution in [3.63, 3.8) is 0 Å². The molecule has 1 N–H and O–H groups in total. The zero-order valence-corrected chi connectivity index (χ0v) is 19.4. The summed E-state index contributed by atoms with van der Waals surface area (Å²) in [7, 11) is 0. The van der Waals surface area contributed by atoms with Gasteiger partial charge in [0.25, 0.3) is 0 Å². The van der Waals surface area contributed by atoms with Gasteiger partial charge in [-0.15, -0.1) is 10.2 Å². The average molecular weight is 484 g/mol. The number of halogens is 3. The first-order valence-electron chi connectivity index (χ1n) is 9.40. The normalized spacial score (nSPS) is 12.2. The van der Waals surface area contributed by atoms with Crippen LogP contribution in [-0.2, 0) is 10.5 Å². The lowest BCUT2D eigenvalue weighted by atomic mass is 10.0. The van der Waals surface area contributed by atoms with Gasteiger partial charge in [0.1, 0.15) is 0 Å². The van der Waals surface area contributed by atoms with Crippen LogP contribution < -0.4 is 5.32 Å². The lowest BCUT2D eigenvalue weighted by molar-refractivity contribution is -0.115. The largest absolute Gasteiger partial charge is 0.323 e. The molecule has 10 heteroatoms. The van der Waals surface area contributed by atoms with Crippen molar-refractivity contribution in [2.75, 3.05) is 5.32 Å². The van der Waals surface area contributed by atoms with Gasteiger partial charge in [-0.1, -0.05) is 73.0 Å². The third-order valence-electron chi connectivity index (χ3n) is 4.34. The minimum absolute atomic E-state index is 0.409. The second kappa shape index (κ2) is 10.5. The van der Waals surface area contributed by atoms with Crippen molar-refractivity contribution < 1.29 is 18.0 Å². The van der Waals surface area contributed by atoms with E-state index in [9.17, 15) is 18.0 Å². The van der Waals surface area contributed by atoms with E-state index in [1.807, 2.05) is 0 Å². The van der Waals surface area contributed by atoms with E-state index in [1.54, 1.807) is 18.7 Å². The van der Waals surface area contributed by atoms with E-state index in [2.05, 4.69) is 53.6 Å². The summed E-state index contributed by atoms with van der Waals surface area (Å²) >= 11 is 4.08. The maximum atomic E-state index is 13.7. The van der Waals surface area contributed by atoms with Crippen molar-refractivity contribution in [2.45, 2.75) is 46.4 Å². The Morgan fingerprint density at radius 1 is 1.00 bits per heavy atom. The molecular weight excluding hydrogens is 463 g/mol. The van der Waals surface area contributed by atoms with E-state index < -0.39 is 34.3 Å². The van der Waals surface area contributed by atoms with Crippen molar-refractivity contribution in [1.82, 2.24) is 10.2 Å². The van der Waals surface area contributed by atoms with E-state index in [1.165, 1.54) is 22.5 Å². The lowest BCUT2D eigenvalue weighted by Gasteiger charge is -2.11. The van der Waals surface area contributed by atoms with Gasteiger partial charge >= 0.3 is 0 Å². The van der Waals surface area contributed by atoms with Gasteiger partial charge in [0, 0.05) is 5.75 Å². The molecule has 0 bridgehead atoms. The highest BCUT2D eigenvalue weighted by molar-refractivity contribution is 8.03. The number of amides is 1. The van der Waals surface area contributed by atoms with Crippen molar-refractivity contribution in [3.8, 4) is 0 Å². The molecular formula is C21H20F3N3OS3. The lowest BCUT2D eigenvalue weighted by Crippen LogP contribution is -2.23. The van der Waals surface area contributed by atoms with Crippen LogP contribution in [0.15, 0.2) is 45.1 Å². The van der Waals surface area contributed by atoms with Crippen LogP contribution in [0, 0.1) is 17.5 Å². The fourth-order valence-electron chi connectivity index (χ4n) is 2.51. The van der Waals surface area contributed by atoms with Crippen LogP contribution >= 0.6 is 34.9 Å². The topological polar surface area (TPSA) is 54.9 Å². The summed E-state index contributed by atoms with van der Waals surface area (Å²) in [5.74, 6) is -3.67. The Balaban J connectivity index is 1.54. The highest BCUT2D eigenvalue weighted by atomic mass is 32.2.